The monoisotopic (exact) mass is 267 g/mol. The Morgan fingerprint density at radius 1 is 1.28 bits per heavy atom. The molecule has 0 aliphatic carbocycles. The molecule has 0 aromatic heterocycles. The van der Waals surface area contributed by atoms with Crippen LogP contribution in [0.15, 0.2) is 24.3 Å². The predicted molar refractivity (Wildman–Crippen MR) is 71.0 cm³/mol. The third-order valence-corrected chi connectivity index (χ3v) is 4.99. The number of anilines is 1. The van der Waals surface area contributed by atoms with Gasteiger partial charge in [0.2, 0.25) is 15.9 Å². The molecule has 1 aromatic rings. The number of hydrogen-bond donors (Lipinski definition) is 0. The maximum Gasteiger partial charge on any atom is 0.244 e. The van der Waals surface area contributed by atoms with Crippen molar-refractivity contribution in [2.24, 2.45) is 5.92 Å². The Morgan fingerprint density at radius 2 is 1.89 bits per heavy atom. The number of nitrogens with zero attached hydrogens (tertiary/aromatic N) is 1. The molecule has 0 saturated carbocycles. The van der Waals surface area contributed by atoms with E-state index in [9.17, 15) is 13.2 Å². The van der Waals surface area contributed by atoms with Crippen LogP contribution in [0.2, 0.25) is 0 Å². The second-order valence-corrected chi connectivity index (χ2v) is 6.86. The lowest BCUT2D eigenvalue weighted by molar-refractivity contribution is -0.119. The van der Waals surface area contributed by atoms with Crippen LogP contribution in [0.1, 0.15) is 32.3 Å². The number of sulfonamides is 1. The van der Waals surface area contributed by atoms with Gasteiger partial charge in [-0.05, 0) is 17.5 Å². The standard InChI is InChI=1S/C13H17NO3S/c1-9(2)11-6-4-5-7-12(11)14-13(15)10(3)8-18(14,16)17/h4-7,9-10H,8H2,1-3H3. The molecule has 98 valence electrons. The Balaban J connectivity index is 2.59. The molecule has 1 amide bonds. The number of para-hydroxylation sites is 1. The highest BCUT2D eigenvalue weighted by molar-refractivity contribution is 7.94. The number of hydrogen-bond acceptors (Lipinski definition) is 3. The highest BCUT2D eigenvalue weighted by Gasteiger charge is 2.42. The van der Waals surface area contributed by atoms with Gasteiger partial charge in [-0.25, -0.2) is 12.7 Å². The molecular formula is C13H17NO3S. The number of benzene rings is 1. The summed E-state index contributed by atoms with van der Waals surface area (Å²) in [6, 6.07) is 7.18. The lowest BCUT2D eigenvalue weighted by atomic mass is 10.0. The molecule has 4 nitrogen and oxygen atoms in total. The van der Waals surface area contributed by atoms with Gasteiger partial charge in [0.25, 0.3) is 0 Å². The summed E-state index contributed by atoms with van der Waals surface area (Å²) >= 11 is 0. The van der Waals surface area contributed by atoms with Crippen molar-refractivity contribution in [2.75, 3.05) is 10.1 Å². The molecule has 1 aliphatic heterocycles. The van der Waals surface area contributed by atoms with Gasteiger partial charge in [-0.2, -0.15) is 0 Å². The first-order chi connectivity index (χ1) is 8.34. The van der Waals surface area contributed by atoms with Crippen molar-refractivity contribution in [1.82, 2.24) is 0 Å². The molecule has 1 atom stereocenters. The molecule has 1 aliphatic rings. The average molecular weight is 267 g/mol. The smallest absolute Gasteiger partial charge is 0.244 e. The van der Waals surface area contributed by atoms with E-state index < -0.39 is 15.9 Å². The second kappa shape index (κ2) is 4.39. The van der Waals surface area contributed by atoms with Crippen LogP contribution in [-0.2, 0) is 14.8 Å². The average Bonchev–Trinajstić information content (AvgIpc) is 2.48. The lowest BCUT2D eigenvalue weighted by Crippen LogP contribution is -2.31. The van der Waals surface area contributed by atoms with Crippen molar-refractivity contribution in [3.05, 3.63) is 29.8 Å². The molecule has 0 radical (unpaired) electrons. The first kappa shape index (κ1) is 13.1. The van der Waals surface area contributed by atoms with Crippen molar-refractivity contribution < 1.29 is 13.2 Å². The quantitative estimate of drug-likeness (QED) is 0.824. The van der Waals surface area contributed by atoms with E-state index in [0.717, 1.165) is 9.87 Å². The molecule has 1 aromatic carbocycles. The van der Waals surface area contributed by atoms with Gasteiger partial charge in [-0.1, -0.05) is 39.0 Å². The molecule has 2 rings (SSSR count). The zero-order chi connectivity index (χ0) is 13.5. The first-order valence-corrected chi connectivity index (χ1v) is 7.61. The Labute approximate surface area is 108 Å². The van der Waals surface area contributed by atoms with E-state index in [1.807, 2.05) is 26.0 Å². The summed E-state index contributed by atoms with van der Waals surface area (Å²) in [5.41, 5.74) is 1.38. The van der Waals surface area contributed by atoms with Gasteiger partial charge in [0.1, 0.15) is 0 Å². The maximum absolute atomic E-state index is 12.1. The minimum absolute atomic E-state index is 0.0989. The molecule has 5 heteroatoms. The largest absolute Gasteiger partial charge is 0.273 e. The van der Waals surface area contributed by atoms with Gasteiger partial charge in [0.15, 0.2) is 0 Å². The van der Waals surface area contributed by atoms with Crippen LogP contribution in [0.25, 0.3) is 0 Å². The Hall–Kier alpha value is -1.36. The normalized spacial score (nSPS) is 22.8. The van der Waals surface area contributed by atoms with Crippen molar-refractivity contribution in [3.63, 3.8) is 0 Å². The minimum Gasteiger partial charge on any atom is -0.273 e. The SMILES string of the molecule is CC1CS(=O)(=O)N(c2ccccc2C(C)C)C1=O. The fourth-order valence-electron chi connectivity index (χ4n) is 2.23. The minimum atomic E-state index is -3.51. The topological polar surface area (TPSA) is 54.5 Å². The summed E-state index contributed by atoms with van der Waals surface area (Å²) < 4.78 is 25.1. The number of amides is 1. The summed E-state index contributed by atoms with van der Waals surface area (Å²) in [5.74, 6) is -0.725. The maximum atomic E-state index is 12.1. The third kappa shape index (κ3) is 2.03. The van der Waals surface area contributed by atoms with Crippen LogP contribution in [0, 0.1) is 5.92 Å². The van der Waals surface area contributed by atoms with E-state index in [-0.39, 0.29) is 17.6 Å². The number of carbonyl (C=O) groups excluding carboxylic acids is 1. The van der Waals surface area contributed by atoms with Crippen LogP contribution in [0.4, 0.5) is 5.69 Å². The highest BCUT2D eigenvalue weighted by Crippen LogP contribution is 2.34. The summed E-state index contributed by atoms with van der Waals surface area (Å²) in [5, 5.41) is 0. The van der Waals surface area contributed by atoms with Crippen LogP contribution in [0.3, 0.4) is 0 Å². The van der Waals surface area contributed by atoms with E-state index >= 15 is 0 Å². The molecule has 0 N–H and O–H groups in total. The predicted octanol–water partition coefficient (Wildman–Crippen LogP) is 2.12. The van der Waals surface area contributed by atoms with Gasteiger partial charge in [0.05, 0.1) is 17.4 Å². The fourth-order valence-corrected chi connectivity index (χ4v) is 4.07. The van der Waals surface area contributed by atoms with Crippen LogP contribution in [-0.4, -0.2) is 20.1 Å². The molecule has 1 fully saturated rings. The van der Waals surface area contributed by atoms with Gasteiger partial charge < -0.3 is 0 Å². The molecule has 0 spiro atoms. The van der Waals surface area contributed by atoms with E-state index in [1.165, 1.54) is 0 Å². The van der Waals surface area contributed by atoms with Gasteiger partial charge in [0, 0.05) is 0 Å². The van der Waals surface area contributed by atoms with Crippen LogP contribution < -0.4 is 4.31 Å². The Morgan fingerprint density at radius 3 is 2.39 bits per heavy atom. The number of carbonyl (C=O) groups is 1. The summed E-state index contributed by atoms with van der Waals surface area (Å²) in [6.45, 7) is 5.61. The molecule has 1 saturated heterocycles. The van der Waals surface area contributed by atoms with Gasteiger partial charge in [-0.3, -0.25) is 4.79 Å². The van der Waals surface area contributed by atoms with E-state index in [2.05, 4.69) is 0 Å². The van der Waals surface area contributed by atoms with Crippen molar-refractivity contribution in [3.8, 4) is 0 Å². The zero-order valence-electron chi connectivity index (χ0n) is 10.8. The fraction of sp³-hybridized carbons (Fsp3) is 0.462. The number of rotatable bonds is 2. The molecule has 1 unspecified atom stereocenters. The zero-order valence-corrected chi connectivity index (χ0v) is 11.6. The van der Waals surface area contributed by atoms with Crippen LogP contribution in [0.5, 0.6) is 0 Å². The summed E-state index contributed by atoms with van der Waals surface area (Å²) in [6.07, 6.45) is 0. The third-order valence-electron chi connectivity index (χ3n) is 3.14. The lowest BCUT2D eigenvalue weighted by Gasteiger charge is -2.20. The van der Waals surface area contributed by atoms with Gasteiger partial charge >= 0.3 is 0 Å². The highest BCUT2D eigenvalue weighted by atomic mass is 32.2. The first-order valence-electron chi connectivity index (χ1n) is 6.00. The Kier molecular flexibility index (Phi) is 3.19. The summed E-state index contributed by atoms with van der Waals surface area (Å²) in [4.78, 5) is 12.0. The molecule has 18 heavy (non-hydrogen) atoms. The molecule has 0 bridgehead atoms. The van der Waals surface area contributed by atoms with Crippen molar-refractivity contribution in [1.29, 1.82) is 0 Å². The summed E-state index contributed by atoms with van der Waals surface area (Å²) in [7, 11) is -3.51. The van der Waals surface area contributed by atoms with E-state index in [4.69, 9.17) is 0 Å². The van der Waals surface area contributed by atoms with E-state index in [1.54, 1.807) is 19.1 Å². The van der Waals surface area contributed by atoms with Crippen LogP contribution >= 0.6 is 0 Å². The molecular weight excluding hydrogens is 250 g/mol. The van der Waals surface area contributed by atoms with E-state index in [0.29, 0.717) is 5.69 Å². The molecule has 1 heterocycles. The Bertz CT molecular complexity index is 578. The van der Waals surface area contributed by atoms with Crippen molar-refractivity contribution in [2.45, 2.75) is 26.7 Å². The van der Waals surface area contributed by atoms with Gasteiger partial charge in [-0.15, -0.1) is 0 Å². The van der Waals surface area contributed by atoms with Crippen molar-refractivity contribution >= 4 is 21.6 Å². The second-order valence-electron chi connectivity index (χ2n) is 5.00.